The van der Waals surface area contributed by atoms with Crippen LogP contribution in [0.25, 0.3) is 22.6 Å². The van der Waals surface area contributed by atoms with Crippen LogP contribution in [-0.4, -0.2) is 26.1 Å². The van der Waals surface area contributed by atoms with Crippen molar-refractivity contribution in [1.29, 1.82) is 0 Å². The van der Waals surface area contributed by atoms with E-state index < -0.39 is 23.8 Å². The summed E-state index contributed by atoms with van der Waals surface area (Å²) in [6, 6.07) is 4.13. The number of alkyl halides is 3. The van der Waals surface area contributed by atoms with Gasteiger partial charge in [-0.25, -0.2) is 4.39 Å². The Kier molecular flexibility index (Phi) is 5.36. The Balaban J connectivity index is 1.93. The van der Waals surface area contributed by atoms with E-state index in [1.807, 2.05) is 0 Å². The zero-order valence-electron chi connectivity index (χ0n) is 15.9. The Labute approximate surface area is 174 Å². The van der Waals surface area contributed by atoms with E-state index >= 15 is 0 Å². The van der Waals surface area contributed by atoms with Gasteiger partial charge in [-0.1, -0.05) is 29.2 Å². The lowest BCUT2D eigenvalue weighted by molar-refractivity contribution is -0.144. The first-order chi connectivity index (χ1) is 14.2. The molecule has 2 heterocycles. The third-order valence-electron chi connectivity index (χ3n) is 5.23. The highest BCUT2D eigenvalue weighted by Gasteiger charge is 2.42. The summed E-state index contributed by atoms with van der Waals surface area (Å²) in [4.78, 5) is 0. The van der Waals surface area contributed by atoms with E-state index in [-0.39, 0.29) is 40.1 Å². The third kappa shape index (κ3) is 3.60. The lowest BCUT2D eigenvalue weighted by Gasteiger charge is -2.26. The van der Waals surface area contributed by atoms with Gasteiger partial charge >= 0.3 is 6.18 Å². The molecule has 3 aromatic rings. The average molecular weight is 444 g/mol. The van der Waals surface area contributed by atoms with Crippen molar-refractivity contribution in [3.8, 4) is 22.6 Å². The van der Waals surface area contributed by atoms with Crippen molar-refractivity contribution in [2.24, 2.45) is 0 Å². The van der Waals surface area contributed by atoms with Crippen molar-refractivity contribution in [1.82, 2.24) is 14.9 Å². The first-order valence-electron chi connectivity index (χ1n) is 9.43. The van der Waals surface area contributed by atoms with Crippen molar-refractivity contribution in [2.75, 3.05) is 0 Å². The second kappa shape index (κ2) is 7.70. The highest BCUT2D eigenvalue weighted by atomic mass is 35.5. The standard InChI is InChI=1S/C20H18ClF4N3O2/c1-10(29)9-28-19(20(23,24)25)12(8-26-28)18-15(11-4-2-5-11)17(27-30-18)16-13(21)6-3-7-14(16)22/h3,6-8,10-11,29H,2,4-5,9H2,1H3/t10-/m1/s1. The van der Waals surface area contributed by atoms with Crippen LogP contribution >= 0.6 is 11.6 Å². The fourth-order valence-electron chi connectivity index (χ4n) is 3.71. The molecule has 2 aromatic heterocycles. The SMILES string of the molecule is C[C@@H](O)Cn1ncc(-c2onc(-c3c(F)cccc3Cl)c2C2CCC2)c1C(F)(F)F. The topological polar surface area (TPSA) is 64.1 Å². The normalized spacial score (nSPS) is 16.0. The summed E-state index contributed by atoms with van der Waals surface area (Å²) >= 11 is 6.18. The average Bonchev–Trinajstić information content (AvgIpc) is 3.17. The summed E-state index contributed by atoms with van der Waals surface area (Å²) in [7, 11) is 0. The molecule has 10 heteroatoms. The molecule has 1 fully saturated rings. The van der Waals surface area contributed by atoms with Crippen LogP contribution in [0.4, 0.5) is 17.6 Å². The fourth-order valence-corrected chi connectivity index (χ4v) is 3.96. The molecule has 1 N–H and O–H groups in total. The van der Waals surface area contributed by atoms with Gasteiger partial charge < -0.3 is 9.63 Å². The molecule has 1 aliphatic rings. The molecule has 1 atom stereocenters. The van der Waals surface area contributed by atoms with Crippen LogP contribution in [0, 0.1) is 5.82 Å². The fraction of sp³-hybridized carbons (Fsp3) is 0.400. The molecule has 1 aliphatic carbocycles. The van der Waals surface area contributed by atoms with Crippen molar-refractivity contribution in [3.05, 3.63) is 46.5 Å². The molecule has 0 radical (unpaired) electrons. The molecule has 160 valence electrons. The maximum atomic E-state index is 14.5. The van der Waals surface area contributed by atoms with Crippen LogP contribution in [0.15, 0.2) is 28.9 Å². The van der Waals surface area contributed by atoms with Crippen LogP contribution in [0.2, 0.25) is 5.02 Å². The van der Waals surface area contributed by atoms with E-state index in [2.05, 4.69) is 10.3 Å². The van der Waals surface area contributed by atoms with Crippen LogP contribution in [0.3, 0.4) is 0 Å². The lowest BCUT2D eigenvalue weighted by Crippen LogP contribution is -2.21. The van der Waals surface area contributed by atoms with Gasteiger partial charge in [0.05, 0.1) is 35.0 Å². The molecule has 5 nitrogen and oxygen atoms in total. The summed E-state index contributed by atoms with van der Waals surface area (Å²) in [5, 5.41) is 17.4. The van der Waals surface area contributed by atoms with E-state index in [4.69, 9.17) is 16.1 Å². The second-order valence-electron chi connectivity index (χ2n) is 7.43. The number of aliphatic hydroxyl groups excluding tert-OH is 1. The summed E-state index contributed by atoms with van der Waals surface area (Å²) < 4.78 is 62.2. The predicted octanol–water partition coefficient (Wildman–Crippen LogP) is 5.66. The molecular weight excluding hydrogens is 426 g/mol. The van der Waals surface area contributed by atoms with E-state index in [0.717, 1.165) is 25.5 Å². The minimum absolute atomic E-state index is 0.000924. The molecule has 1 aromatic carbocycles. The second-order valence-corrected chi connectivity index (χ2v) is 7.84. The van der Waals surface area contributed by atoms with Gasteiger partial charge in [0, 0.05) is 5.56 Å². The van der Waals surface area contributed by atoms with E-state index in [1.165, 1.54) is 25.1 Å². The van der Waals surface area contributed by atoms with Crippen LogP contribution in [0.1, 0.15) is 43.4 Å². The lowest BCUT2D eigenvalue weighted by atomic mass is 9.77. The Bertz CT molecular complexity index is 1050. The molecular formula is C20H18ClF4N3O2. The van der Waals surface area contributed by atoms with Gasteiger partial charge in [-0.05, 0) is 37.8 Å². The van der Waals surface area contributed by atoms with E-state index in [9.17, 15) is 22.7 Å². The van der Waals surface area contributed by atoms with Gasteiger partial charge in [0.25, 0.3) is 0 Å². The van der Waals surface area contributed by atoms with Crippen molar-refractivity contribution < 1.29 is 27.2 Å². The Morgan fingerprint density at radius 2 is 2.07 bits per heavy atom. The largest absolute Gasteiger partial charge is 0.433 e. The number of nitrogens with zero attached hydrogens (tertiary/aromatic N) is 3. The number of hydrogen-bond donors (Lipinski definition) is 1. The van der Waals surface area contributed by atoms with Crippen molar-refractivity contribution >= 4 is 11.6 Å². The highest BCUT2D eigenvalue weighted by molar-refractivity contribution is 6.33. The van der Waals surface area contributed by atoms with Gasteiger partial charge in [0.1, 0.15) is 11.5 Å². The summed E-state index contributed by atoms with van der Waals surface area (Å²) in [5.41, 5.74) is -0.840. The van der Waals surface area contributed by atoms with Gasteiger partial charge in [-0.3, -0.25) is 4.68 Å². The molecule has 0 bridgehead atoms. The monoisotopic (exact) mass is 443 g/mol. The Morgan fingerprint density at radius 3 is 2.63 bits per heavy atom. The van der Waals surface area contributed by atoms with Crippen LogP contribution in [0.5, 0.6) is 0 Å². The number of aliphatic hydroxyl groups is 1. The Morgan fingerprint density at radius 1 is 1.33 bits per heavy atom. The number of hydrogen-bond acceptors (Lipinski definition) is 4. The smallest absolute Gasteiger partial charge is 0.391 e. The van der Waals surface area contributed by atoms with Crippen molar-refractivity contribution in [2.45, 2.75) is 50.9 Å². The molecule has 0 aliphatic heterocycles. The van der Waals surface area contributed by atoms with Gasteiger partial charge in [-0.2, -0.15) is 18.3 Å². The molecule has 30 heavy (non-hydrogen) atoms. The van der Waals surface area contributed by atoms with Crippen LogP contribution in [-0.2, 0) is 12.7 Å². The van der Waals surface area contributed by atoms with Gasteiger partial charge in [0.2, 0.25) is 0 Å². The van der Waals surface area contributed by atoms with Gasteiger partial charge in [0.15, 0.2) is 11.5 Å². The quantitative estimate of drug-likeness (QED) is 0.516. The highest BCUT2D eigenvalue weighted by Crippen LogP contribution is 2.49. The zero-order valence-corrected chi connectivity index (χ0v) is 16.6. The number of halogens is 5. The molecule has 0 spiro atoms. The maximum Gasteiger partial charge on any atom is 0.433 e. The summed E-state index contributed by atoms with van der Waals surface area (Å²) in [5.74, 6) is -0.861. The first kappa shape index (κ1) is 20.9. The first-order valence-corrected chi connectivity index (χ1v) is 9.81. The minimum Gasteiger partial charge on any atom is -0.391 e. The molecule has 0 saturated heterocycles. The predicted molar refractivity (Wildman–Crippen MR) is 101 cm³/mol. The zero-order chi connectivity index (χ0) is 21.6. The minimum atomic E-state index is -4.75. The summed E-state index contributed by atoms with van der Waals surface area (Å²) in [6.45, 7) is 1.03. The van der Waals surface area contributed by atoms with E-state index in [1.54, 1.807) is 0 Å². The summed E-state index contributed by atoms with van der Waals surface area (Å²) in [6.07, 6.45) is -2.41. The van der Waals surface area contributed by atoms with Gasteiger partial charge in [-0.15, -0.1) is 0 Å². The van der Waals surface area contributed by atoms with Crippen LogP contribution < -0.4 is 0 Å². The molecule has 1 saturated carbocycles. The van der Waals surface area contributed by atoms with Crippen molar-refractivity contribution in [3.63, 3.8) is 0 Å². The van der Waals surface area contributed by atoms with E-state index in [0.29, 0.717) is 10.2 Å². The molecule has 4 rings (SSSR count). The number of benzene rings is 1. The number of aromatic nitrogens is 3. The Hall–Kier alpha value is -2.39. The maximum absolute atomic E-state index is 14.5. The molecule has 0 unspecified atom stereocenters. The number of rotatable bonds is 5. The molecule has 0 amide bonds. The third-order valence-corrected chi connectivity index (χ3v) is 5.55.